The summed E-state index contributed by atoms with van der Waals surface area (Å²) < 4.78 is 2.05. The molecule has 0 aliphatic carbocycles. The third kappa shape index (κ3) is 3.17. The Labute approximate surface area is 119 Å². The molecule has 0 saturated heterocycles. The molecular weight excluding hydrogens is 258 g/mol. The molecule has 1 aromatic carbocycles. The molecule has 1 atom stereocenters. The number of benzene rings is 1. The van der Waals surface area contributed by atoms with Crippen LogP contribution < -0.4 is 5.32 Å². The quantitative estimate of drug-likeness (QED) is 0.906. The Kier molecular flexibility index (Phi) is 4.61. The zero-order valence-electron chi connectivity index (χ0n) is 11.7. The van der Waals surface area contributed by atoms with E-state index in [1.807, 2.05) is 19.1 Å². The van der Waals surface area contributed by atoms with Gasteiger partial charge in [0.2, 0.25) is 0 Å². The van der Waals surface area contributed by atoms with Crippen molar-refractivity contribution in [3.05, 3.63) is 52.3 Å². The smallest absolute Gasteiger partial charge is 0.0748 e. The Bertz CT molecular complexity index is 531. The number of aromatic nitrogens is 2. The van der Waals surface area contributed by atoms with Crippen LogP contribution in [-0.4, -0.2) is 16.3 Å². The predicted octanol–water partition coefficient (Wildman–Crippen LogP) is 3.56. The number of hydrogen-bond acceptors (Lipinski definition) is 2. The molecule has 2 rings (SSSR count). The summed E-state index contributed by atoms with van der Waals surface area (Å²) in [6.45, 7) is 8.03. The molecule has 2 aromatic rings. The van der Waals surface area contributed by atoms with Crippen LogP contribution in [0.15, 0.2) is 30.3 Å². The van der Waals surface area contributed by atoms with Gasteiger partial charge in [-0.05, 0) is 44.2 Å². The van der Waals surface area contributed by atoms with Crippen LogP contribution in [0.5, 0.6) is 0 Å². The highest BCUT2D eigenvalue weighted by Gasteiger charge is 2.17. The summed E-state index contributed by atoms with van der Waals surface area (Å²) in [5, 5.41) is 8.81. The molecular formula is C15H20ClN3. The zero-order valence-corrected chi connectivity index (χ0v) is 12.4. The second-order valence-corrected chi connectivity index (χ2v) is 5.01. The molecule has 0 aliphatic heterocycles. The third-order valence-electron chi connectivity index (χ3n) is 3.14. The van der Waals surface area contributed by atoms with Gasteiger partial charge < -0.3 is 5.32 Å². The van der Waals surface area contributed by atoms with E-state index >= 15 is 0 Å². The first-order chi connectivity index (χ1) is 9.15. The van der Waals surface area contributed by atoms with Crippen molar-refractivity contribution < 1.29 is 0 Å². The average molecular weight is 278 g/mol. The van der Waals surface area contributed by atoms with Crippen LogP contribution in [-0.2, 0) is 6.54 Å². The molecule has 0 saturated carbocycles. The SMILES string of the molecule is CCNC(c1ccc(Cl)cc1)c1cc(C)nn1CC. The van der Waals surface area contributed by atoms with E-state index in [1.165, 1.54) is 11.3 Å². The highest BCUT2D eigenvalue weighted by molar-refractivity contribution is 6.30. The van der Waals surface area contributed by atoms with Crippen LogP contribution in [0.4, 0.5) is 0 Å². The van der Waals surface area contributed by atoms with Crippen molar-refractivity contribution in [2.45, 2.75) is 33.4 Å². The van der Waals surface area contributed by atoms with Crippen molar-refractivity contribution in [3.63, 3.8) is 0 Å². The van der Waals surface area contributed by atoms with Crippen molar-refractivity contribution in [2.75, 3.05) is 6.54 Å². The normalized spacial score (nSPS) is 12.6. The maximum atomic E-state index is 5.96. The fourth-order valence-corrected chi connectivity index (χ4v) is 2.43. The Balaban J connectivity index is 2.41. The molecule has 0 fully saturated rings. The van der Waals surface area contributed by atoms with Crippen molar-refractivity contribution in [3.8, 4) is 0 Å². The maximum Gasteiger partial charge on any atom is 0.0748 e. The molecule has 102 valence electrons. The highest BCUT2D eigenvalue weighted by Crippen LogP contribution is 2.24. The lowest BCUT2D eigenvalue weighted by Crippen LogP contribution is -2.24. The molecule has 1 aromatic heterocycles. The highest BCUT2D eigenvalue weighted by atomic mass is 35.5. The van der Waals surface area contributed by atoms with E-state index in [2.05, 4.69) is 47.1 Å². The lowest BCUT2D eigenvalue weighted by Gasteiger charge is -2.19. The van der Waals surface area contributed by atoms with Crippen molar-refractivity contribution >= 4 is 11.6 Å². The Hall–Kier alpha value is -1.32. The summed E-state index contributed by atoms with van der Waals surface area (Å²) in [6, 6.07) is 10.3. The number of aryl methyl sites for hydroxylation is 2. The second-order valence-electron chi connectivity index (χ2n) is 4.57. The zero-order chi connectivity index (χ0) is 13.8. The van der Waals surface area contributed by atoms with Crippen molar-refractivity contribution in [2.24, 2.45) is 0 Å². The molecule has 1 N–H and O–H groups in total. The Morgan fingerprint density at radius 3 is 2.53 bits per heavy atom. The van der Waals surface area contributed by atoms with Crippen LogP contribution in [0.1, 0.15) is 36.8 Å². The van der Waals surface area contributed by atoms with Gasteiger partial charge in [0.25, 0.3) is 0 Å². The predicted molar refractivity (Wildman–Crippen MR) is 79.6 cm³/mol. The maximum absolute atomic E-state index is 5.96. The third-order valence-corrected chi connectivity index (χ3v) is 3.39. The average Bonchev–Trinajstić information content (AvgIpc) is 2.78. The van der Waals surface area contributed by atoms with Crippen LogP contribution in [0.3, 0.4) is 0 Å². The molecule has 4 heteroatoms. The summed E-state index contributed by atoms with van der Waals surface area (Å²) in [6.07, 6.45) is 0. The van der Waals surface area contributed by atoms with Crippen LogP contribution in [0.25, 0.3) is 0 Å². The van der Waals surface area contributed by atoms with Gasteiger partial charge in [-0.2, -0.15) is 5.10 Å². The standard InChI is InChI=1S/C15H20ClN3/c1-4-17-15(12-6-8-13(16)9-7-12)14-10-11(3)18-19(14)5-2/h6-10,15,17H,4-5H2,1-3H3. The van der Waals surface area contributed by atoms with Crippen molar-refractivity contribution in [1.82, 2.24) is 15.1 Å². The minimum Gasteiger partial charge on any atom is -0.305 e. The van der Waals surface area contributed by atoms with E-state index in [4.69, 9.17) is 11.6 Å². The second kappa shape index (κ2) is 6.22. The Morgan fingerprint density at radius 2 is 1.95 bits per heavy atom. The summed E-state index contributed by atoms with van der Waals surface area (Å²) in [5.41, 5.74) is 3.46. The lowest BCUT2D eigenvalue weighted by atomic mass is 10.0. The molecule has 19 heavy (non-hydrogen) atoms. The van der Waals surface area contributed by atoms with Gasteiger partial charge in [0.15, 0.2) is 0 Å². The number of nitrogens with zero attached hydrogens (tertiary/aromatic N) is 2. The van der Waals surface area contributed by atoms with E-state index in [-0.39, 0.29) is 6.04 Å². The molecule has 0 spiro atoms. The molecule has 3 nitrogen and oxygen atoms in total. The van der Waals surface area contributed by atoms with E-state index in [0.717, 1.165) is 23.8 Å². The van der Waals surface area contributed by atoms with E-state index in [0.29, 0.717) is 0 Å². The topological polar surface area (TPSA) is 29.9 Å². The molecule has 0 bridgehead atoms. The van der Waals surface area contributed by atoms with Crippen molar-refractivity contribution in [1.29, 1.82) is 0 Å². The first kappa shape index (κ1) is 14.1. The monoisotopic (exact) mass is 277 g/mol. The molecule has 1 heterocycles. The summed E-state index contributed by atoms with van der Waals surface area (Å²) in [7, 11) is 0. The van der Waals surface area contributed by atoms with E-state index < -0.39 is 0 Å². The summed E-state index contributed by atoms with van der Waals surface area (Å²) >= 11 is 5.96. The number of nitrogens with one attached hydrogen (secondary N) is 1. The van der Waals surface area contributed by atoms with E-state index in [1.54, 1.807) is 0 Å². The Morgan fingerprint density at radius 1 is 1.26 bits per heavy atom. The summed E-state index contributed by atoms with van der Waals surface area (Å²) in [4.78, 5) is 0. The number of hydrogen-bond donors (Lipinski definition) is 1. The first-order valence-electron chi connectivity index (χ1n) is 6.68. The van der Waals surface area contributed by atoms with Gasteiger partial charge in [-0.1, -0.05) is 30.7 Å². The van der Waals surface area contributed by atoms with Crippen LogP contribution in [0, 0.1) is 6.92 Å². The first-order valence-corrected chi connectivity index (χ1v) is 7.06. The van der Waals surface area contributed by atoms with Gasteiger partial charge in [-0.15, -0.1) is 0 Å². The molecule has 1 unspecified atom stereocenters. The minimum atomic E-state index is 0.156. The van der Waals surface area contributed by atoms with Gasteiger partial charge in [0.05, 0.1) is 17.4 Å². The van der Waals surface area contributed by atoms with Gasteiger partial charge in [0.1, 0.15) is 0 Å². The van der Waals surface area contributed by atoms with Gasteiger partial charge in [-0.3, -0.25) is 4.68 Å². The van der Waals surface area contributed by atoms with Gasteiger partial charge in [0, 0.05) is 11.6 Å². The van der Waals surface area contributed by atoms with Gasteiger partial charge in [-0.25, -0.2) is 0 Å². The fraction of sp³-hybridized carbons (Fsp3) is 0.400. The number of rotatable bonds is 5. The molecule has 0 amide bonds. The molecule has 0 radical (unpaired) electrons. The van der Waals surface area contributed by atoms with Crippen LogP contribution in [0.2, 0.25) is 5.02 Å². The molecule has 0 aliphatic rings. The van der Waals surface area contributed by atoms with E-state index in [9.17, 15) is 0 Å². The lowest BCUT2D eigenvalue weighted by molar-refractivity contribution is 0.541. The summed E-state index contributed by atoms with van der Waals surface area (Å²) in [5.74, 6) is 0. The van der Waals surface area contributed by atoms with Gasteiger partial charge >= 0.3 is 0 Å². The fourth-order valence-electron chi connectivity index (χ4n) is 2.30. The largest absolute Gasteiger partial charge is 0.305 e. The van der Waals surface area contributed by atoms with Crippen LogP contribution >= 0.6 is 11.6 Å². The minimum absolute atomic E-state index is 0.156. The number of halogens is 1.